The first-order valence-corrected chi connectivity index (χ1v) is 23.7. The molecule has 5 aromatic heterocycles. The highest BCUT2D eigenvalue weighted by molar-refractivity contribution is 7.99. The van der Waals surface area contributed by atoms with Crippen LogP contribution < -0.4 is 0 Å². The minimum Gasteiger partial charge on any atom is -0.309 e. The predicted molar refractivity (Wildman–Crippen MR) is 276 cm³/mol. The van der Waals surface area contributed by atoms with E-state index in [1.54, 1.807) is 0 Å². The van der Waals surface area contributed by atoms with Crippen molar-refractivity contribution < 1.29 is 0 Å². The summed E-state index contributed by atoms with van der Waals surface area (Å²) in [5.41, 5.74) is 15.6. The van der Waals surface area contributed by atoms with Gasteiger partial charge in [-0.1, -0.05) is 103 Å². The summed E-state index contributed by atoms with van der Waals surface area (Å²) in [6, 6.07) is 71.4. The van der Waals surface area contributed by atoms with Gasteiger partial charge in [-0.3, -0.25) is 9.97 Å². The van der Waals surface area contributed by atoms with Gasteiger partial charge in [0.15, 0.2) is 0 Å². The normalized spacial score (nSPS) is 14.6. The molecule has 0 saturated carbocycles. The van der Waals surface area contributed by atoms with Gasteiger partial charge in [0.05, 0.1) is 96.9 Å². The van der Waals surface area contributed by atoms with Gasteiger partial charge in [-0.25, -0.2) is 0 Å². The Kier molecular flexibility index (Phi) is 7.65. The van der Waals surface area contributed by atoms with Gasteiger partial charge in [0.2, 0.25) is 0 Å². The lowest BCUT2D eigenvalue weighted by molar-refractivity contribution is 0.717. The molecule has 8 heteroatoms. The second-order valence-corrected chi connectivity index (χ2v) is 19.1. The highest BCUT2D eigenvalue weighted by Crippen LogP contribution is 2.62. The van der Waals surface area contributed by atoms with Crippen LogP contribution >= 0.6 is 11.8 Å². The van der Waals surface area contributed by atoms with Gasteiger partial charge >= 0.3 is 0 Å². The summed E-state index contributed by atoms with van der Waals surface area (Å²) in [6.07, 6.45) is 3.97. The average Bonchev–Trinajstić information content (AvgIpc) is 4.12. The van der Waals surface area contributed by atoms with E-state index in [9.17, 15) is 10.5 Å². The Morgan fingerprint density at radius 3 is 1.26 bits per heavy atom. The molecular weight excluding hydrogens is 863 g/mol. The van der Waals surface area contributed by atoms with Gasteiger partial charge in [0.1, 0.15) is 0 Å². The van der Waals surface area contributed by atoms with E-state index in [-0.39, 0.29) is 0 Å². The molecule has 0 fully saturated rings. The van der Waals surface area contributed by atoms with E-state index in [0.717, 1.165) is 93.9 Å². The molecule has 13 aromatic rings. The number of pyridine rings is 2. The molecule has 0 saturated heterocycles. The highest BCUT2D eigenvalue weighted by Gasteiger charge is 2.52. The maximum atomic E-state index is 10.0. The van der Waals surface area contributed by atoms with Crippen molar-refractivity contribution in [1.29, 1.82) is 10.5 Å². The summed E-state index contributed by atoms with van der Waals surface area (Å²) in [5, 5.41) is 26.6. The summed E-state index contributed by atoms with van der Waals surface area (Å²) in [6.45, 7) is 0. The molecule has 8 aromatic carbocycles. The van der Waals surface area contributed by atoms with Crippen molar-refractivity contribution in [2.24, 2.45) is 0 Å². The molecule has 1 spiro atoms. The number of fused-ring (bicyclic) bond motifs is 18. The lowest BCUT2D eigenvalue weighted by atomic mass is 9.67. The molecule has 1 unspecified atom stereocenters. The number of hydrogen-bond acceptors (Lipinski definition) is 5. The van der Waals surface area contributed by atoms with E-state index < -0.39 is 5.41 Å². The number of hydrogen-bond donors (Lipinski definition) is 0. The molecule has 69 heavy (non-hydrogen) atoms. The molecule has 0 N–H and O–H groups in total. The van der Waals surface area contributed by atoms with Gasteiger partial charge in [-0.05, 0) is 108 Å². The zero-order valence-electron chi connectivity index (χ0n) is 36.6. The fourth-order valence-corrected chi connectivity index (χ4v) is 13.0. The summed E-state index contributed by atoms with van der Waals surface area (Å²) in [7, 11) is 0. The molecular formula is C61H33N7S. The van der Waals surface area contributed by atoms with E-state index in [4.69, 9.17) is 9.97 Å². The van der Waals surface area contributed by atoms with Gasteiger partial charge < -0.3 is 13.7 Å². The van der Waals surface area contributed by atoms with Gasteiger partial charge in [0, 0.05) is 58.9 Å². The number of nitriles is 2. The van der Waals surface area contributed by atoms with Gasteiger partial charge in [-0.2, -0.15) is 10.5 Å². The number of para-hydroxylation sites is 4. The minimum atomic E-state index is -0.873. The van der Waals surface area contributed by atoms with Crippen molar-refractivity contribution in [3.63, 3.8) is 0 Å². The molecule has 1 aliphatic carbocycles. The van der Waals surface area contributed by atoms with Gasteiger partial charge in [-0.15, -0.1) is 0 Å². The lowest BCUT2D eigenvalue weighted by Gasteiger charge is -2.39. The number of nitrogens with zero attached hydrogens (tertiary/aromatic N) is 7. The van der Waals surface area contributed by atoms with Crippen LogP contribution in [0, 0.1) is 22.7 Å². The standard InChI is InChI=1S/C61H33N7S/c62-32-36-21-24-55-45(27-36)46-28-37(33-63)22-25-56(46)68(55)40-31-50-60(65-35-40)59-49(30-39(34-64-59)67-53-18-8-3-13-43(53)44-14-4-9-19-54(44)67)61(50)47-15-5-10-20-57(47)69-58-26-23-38(29-48(58)61)66-51-16-6-1-11-41(51)42-12-2-7-17-52(42)66/h1-31,34-35H. The third-order valence-electron chi connectivity index (χ3n) is 14.6. The third-order valence-corrected chi connectivity index (χ3v) is 15.8. The maximum absolute atomic E-state index is 10.0. The van der Waals surface area contributed by atoms with Crippen LogP contribution in [-0.4, -0.2) is 23.7 Å². The van der Waals surface area contributed by atoms with Crippen molar-refractivity contribution in [1.82, 2.24) is 23.7 Å². The highest BCUT2D eigenvalue weighted by atomic mass is 32.2. The molecule has 0 bridgehead atoms. The zero-order valence-corrected chi connectivity index (χ0v) is 37.4. The van der Waals surface area contributed by atoms with Crippen molar-refractivity contribution >= 4 is 77.2 Å². The van der Waals surface area contributed by atoms with E-state index in [2.05, 4.69) is 177 Å². The van der Waals surface area contributed by atoms with Crippen LogP contribution in [0.4, 0.5) is 0 Å². The topological polar surface area (TPSA) is 88.2 Å². The van der Waals surface area contributed by atoms with E-state index in [1.807, 2.05) is 60.6 Å². The van der Waals surface area contributed by atoms with Crippen LogP contribution in [-0.2, 0) is 5.41 Å². The van der Waals surface area contributed by atoms with Crippen molar-refractivity contribution in [3.05, 3.63) is 234 Å². The van der Waals surface area contributed by atoms with E-state index in [0.29, 0.717) is 11.1 Å². The quantitative estimate of drug-likeness (QED) is 0.176. The smallest absolute Gasteiger partial charge is 0.0991 e. The first kappa shape index (κ1) is 38.0. The molecule has 318 valence electrons. The SMILES string of the molecule is N#Cc1ccc2c(c1)c1cc(C#N)ccc1n2-c1cnc2c(c1)C1(c3ccccc3Sc3ccc(-n4c5ccccc5c5ccccc54)cc31)c1cc(-n3c4ccccc4c4ccccc43)cnc1-2. The second kappa shape index (κ2) is 13.9. The molecule has 6 heterocycles. The molecule has 2 aliphatic rings. The molecule has 1 aliphatic heterocycles. The fraction of sp³-hybridized carbons (Fsp3) is 0.0164. The van der Waals surface area contributed by atoms with Crippen LogP contribution in [0.15, 0.2) is 210 Å². The Hall–Kier alpha value is -9.21. The van der Waals surface area contributed by atoms with Crippen molar-refractivity contribution in [2.75, 3.05) is 0 Å². The number of rotatable bonds is 3. The number of benzene rings is 8. The second-order valence-electron chi connectivity index (χ2n) is 18.0. The Morgan fingerprint density at radius 2 is 0.768 bits per heavy atom. The fourth-order valence-electron chi connectivity index (χ4n) is 11.8. The van der Waals surface area contributed by atoms with E-state index >= 15 is 0 Å². The summed E-state index contributed by atoms with van der Waals surface area (Å²) in [4.78, 5) is 13.3. The Bertz CT molecular complexity index is 4340. The summed E-state index contributed by atoms with van der Waals surface area (Å²) in [5.74, 6) is 0. The van der Waals surface area contributed by atoms with Crippen molar-refractivity contribution in [3.8, 4) is 40.6 Å². The molecule has 15 rings (SSSR count). The minimum absolute atomic E-state index is 0.558. The van der Waals surface area contributed by atoms with Crippen LogP contribution in [0.25, 0.3) is 93.9 Å². The third kappa shape index (κ3) is 5.00. The molecule has 0 amide bonds. The van der Waals surface area contributed by atoms with Crippen molar-refractivity contribution in [2.45, 2.75) is 15.2 Å². The molecule has 7 nitrogen and oxygen atoms in total. The predicted octanol–water partition coefficient (Wildman–Crippen LogP) is 14.3. The first-order valence-electron chi connectivity index (χ1n) is 22.9. The van der Waals surface area contributed by atoms with Crippen LogP contribution in [0.2, 0.25) is 0 Å². The Labute approximate surface area is 399 Å². The Morgan fingerprint density at radius 1 is 0.362 bits per heavy atom. The van der Waals surface area contributed by atoms with Crippen LogP contribution in [0.5, 0.6) is 0 Å². The zero-order chi connectivity index (χ0) is 45.5. The lowest BCUT2D eigenvalue weighted by Crippen LogP contribution is -2.32. The number of aromatic nitrogens is 5. The largest absolute Gasteiger partial charge is 0.309 e. The van der Waals surface area contributed by atoms with E-state index in [1.165, 1.54) is 32.0 Å². The monoisotopic (exact) mass is 895 g/mol. The maximum Gasteiger partial charge on any atom is 0.0991 e. The summed E-state index contributed by atoms with van der Waals surface area (Å²) < 4.78 is 6.99. The van der Waals surface area contributed by atoms with Crippen LogP contribution in [0.3, 0.4) is 0 Å². The molecule has 0 radical (unpaired) electrons. The first-order chi connectivity index (χ1) is 34.1. The van der Waals surface area contributed by atoms with Crippen LogP contribution in [0.1, 0.15) is 33.4 Å². The average molecular weight is 896 g/mol. The Balaban J connectivity index is 1.07. The van der Waals surface area contributed by atoms with Gasteiger partial charge in [0.25, 0.3) is 0 Å². The summed E-state index contributed by atoms with van der Waals surface area (Å²) >= 11 is 1.81. The molecule has 1 atom stereocenters.